The Labute approximate surface area is 86.9 Å². The second kappa shape index (κ2) is 4.64. The van der Waals surface area contributed by atoms with Gasteiger partial charge in [0.25, 0.3) is 0 Å². The van der Waals surface area contributed by atoms with E-state index in [9.17, 15) is 4.79 Å². The molecular weight excluding hydrogens is 202 g/mol. The highest BCUT2D eigenvalue weighted by molar-refractivity contribution is 6.30. The van der Waals surface area contributed by atoms with E-state index in [-0.39, 0.29) is 0 Å². The summed E-state index contributed by atoms with van der Waals surface area (Å²) in [7, 11) is 0. The standard InChI is InChI=1S/C10H8ClNO2/c1-7(13)14-10(6-12)8-2-4-9(11)5-3-8/h2-5,10H,1H3. The smallest absolute Gasteiger partial charge is 0.304 e. The third-order valence-corrected chi connectivity index (χ3v) is 1.83. The molecule has 0 saturated carbocycles. The molecule has 0 aliphatic heterocycles. The zero-order valence-corrected chi connectivity index (χ0v) is 8.28. The van der Waals surface area contributed by atoms with Crippen molar-refractivity contribution in [2.45, 2.75) is 13.0 Å². The first-order valence-electron chi connectivity index (χ1n) is 3.96. The molecule has 0 bridgehead atoms. The first-order valence-corrected chi connectivity index (χ1v) is 4.33. The third kappa shape index (κ3) is 2.75. The molecule has 14 heavy (non-hydrogen) atoms. The molecule has 1 rings (SSSR count). The molecule has 0 spiro atoms. The Bertz CT molecular complexity index is 367. The molecule has 4 heteroatoms. The van der Waals surface area contributed by atoms with Crippen molar-refractivity contribution in [2.24, 2.45) is 0 Å². The zero-order chi connectivity index (χ0) is 10.6. The SMILES string of the molecule is CC(=O)OC(C#N)c1ccc(Cl)cc1. The van der Waals surface area contributed by atoms with Crippen LogP contribution < -0.4 is 0 Å². The van der Waals surface area contributed by atoms with Crippen molar-refractivity contribution in [2.75, 3.05) is 0 Å². The van der Waals surface area contributed by atoms with Crippen LogP contribution in [0.25, 0.3) is 0 Å². The fourth-order valence-electron chi connectivity index (χ4n) is 0.972. The van der Waals surface area contributed by atoms with Crippen LogP contribution in [-0.4, -0.2) is 5.97 Å². The maximum absolute atomic E-state index is 10.7. The van der Waals surface area contributed by atoms with Gasteiger partial charge in [0.05, 0.1) is 0 Å². The van der Waals surface area contributed by atoms with Gasteiger partial charge in [0.15, 0.2) is 0 Å². The van der Waals surface area contributed by atoms with Gasteiger partial charge in [-0.15, -0.1) is 0 Å². The van der Waals surface area contributed by atoms with E-state index in [0.29, 0.717) is 10.6 Å². The Balaban J connectivity index is 2.85. The van der Waals surface area contributed by atoms with Crippen molar-refractivity contribution in [3.05, 3.63) is 34.9 Å². The molecular formula is C10H8ClNO2. The molecule has 1 unspecified atom stereocenters. The summed E-state index contributed by atoms with van der Waals surface area (Å²) < 4.78 is 4.78. The highest BCUT2D eigenvalue weighted by Crippen LogP contribution is 2.19. The van der Waals surface area contributed by atoms with Crippen LogP contribution in [-0.2, 0) is 9.53 Å². The Kier molecular flexibility index (Phi) is 3.49. The number of carbonyl (C=O) groups excluding carboxylic acids is 1. The molecule has 1 atom stereocenters. The average molecular weight is 210 g/mol. The second-order valence-electron chi connectivity index (χ2n) is 2.67. The molecule has 0 aliphatic rings. The average Bonchev–Trinajstić information content (AvgIpc) is 2.15. The van der Waals surface area contributed by atoms with Crippen LogP contribution in [0.2, 0.25) is 5.02 Å². The van der Waals surface area contributed by atoms with Gasteiger partial charge in [-0.05, 0) is 12.1 Å². The van der Waals surface area contributed by atoms with Gasteiger partial charge in [-0.25, -0.2) is 0 Å². The minimum atomic E-state index is -0.857. The zero-order valence-electron chi connectivity index (χ0n) is 7.53. The lowest BCUT2D eigenvalue weighted by molar-refractivity contribution is -0.144. The largest absolute Gasteiger partial charge is 0.442 e. The van der Waals surface area contributed by atoms with Gasteiger partial charge < -0.3 is 4.74 Å². The van der Waals surface area contributed by atoms with Crippen LogP contribution in [0, 0.1) is 11.3 Å². The summed E-state index contributed by atoms with van der Waals surface area (Å²) in [6.45, 7) is 1.26. The highest BCUT2D eigenvalue weighted by Gasteiger charge is 2.12. The Morgan fingerprint density at radius 2 is 2.07 bits per heavy atom. The highest BCUT2D eigenvalue weighted by atomic mass is 35.5. The first-order chi connectivity index (χ1) is 6.63. The monoisotopic (exact) mass is 209 g/mol. The van der Waals surface area contributed by atoms with E-state index >= 15 is 0 Å². The van der Waals surface area contributed by atoms with Crippen LogP contribution in [0.1, 0.15) is 18.6 Å². The number of nitriles is 1. The maximum atomic E-state index is 10.7. The summed E-state index contributed by atoms with van der Waals surface area (Å²) in [6.07, 6.45) is -0.857. The van der Waals surface area contributed by atoms with Gasteiger partial charge in [0.1, 0.15) is 6.07 Å². The summed E-state index contributed by atoms with van der Waals surface area (Å²) in [5.74, 6) is -0.480. The molecule has 72 valence electrons. The fraction of sp³-hybridized carbons (Fsp3) is 0.200. The molecule has 1 aromatic rings. The Morgan fingerprint density at radius 3 is 2.50 bits per heavy atom. The third-order valence-electron chi connectivity index (χ3n) is 1.57. The van der Waals surface area contributed by atoms with E-state index in [4.69, 9.17) is 21.6 Å². The number of hydrogen-bond acceptors (Lipinski definition) is 3. The molecule has 0 aromatic heterocycles. The number of benzene rings is 1. The summed E-state index contributed by atoms with van der Waals surface area (Å²) in [6, 6.07) is 8.47. The van der Waals surface area contributed by atoms with E-state index in [1.165, 1.54) is 6.92 Å². The number of ether oxygens (including phenoxy) is 1. The van der Waals surface area contributed by atoms with Crippen molar-refractivity contribution in [1.82, 2.24) is 0 Å². The number of hydrogen-bond donors (Lipinski definition) is 0. The fourth-order valence-corrected chi connectivity index (χ4v) is 1.10. The second-order valence-corrected chi connectivity index (χ2v) is 3.11. The quantitative estimate of drug-likeness (QED) is 0.703. The predicted molar refractivity (Wildman–Crippen MR) is 51.6 cm³/mol. The Hall–Kier alpha value is -1.53. The van der Waals surface area contributed by atoms with Crippen molar-refractivity contribution >= 4 is 17.6 Å². The van der Waals surface area contributed by atoms with E-state index in [0.717, 1.165) is 0 Å². The molecule has 0 fully saturated rings. The van der Waals surface area contributed by atoms with Gasteiger partial charge in [0, 0.05) is 17.5 Å². The van der Waals surface area contributed by atoms with Gasteiger partial charge in [0.2, 0.25) is 6.10 Å². The summed E-state index contributed by atoms with van der Waals surface area (Å²) >= 11 is 5.67. The minimum absolute atomic E-state index is 0.480. The molecule has 0 amide bonds. The maximum Gasteiger partial charge on any atom is 0.304 e. The lowest BCUT2D eigenvalue weighted by Crippen LogP contribution is -2.06. The van der Waals surface area contributed by atoms with E-state index in [1.54, 1.807) is 24.3 Å². The van der Waals surface area contributed by atoms with Crippen LogP contribution in [0.5, 0.6) is 0 Å². The van der Waals surface area contributed by atoms with Crippen LogP contribution >= 0.6 is 11.6 Å². The molecule has 0 heterocycles. The molecule has 0 aliphatic carbocycles. The molecule has 0 saturated heterocycles. The van der Waals surface area contributed by atoms with E-state index in [1.807, 2.05) is 6.07 Å². The summed E-state index contributed by atoms with van der Waals surface area (Å²) in [4.78, 5) is 10.7. The van der Waals surface area contributed by atoms with E-state index < -0.39 is 12.1 Å². The number of esters is 1. The minimum Gasteiger partial charge on any atom is -0.442 e. The van der Waals surface area contributed by atoms with Gasteiger partial charge >= 0.3 is 5.97 Å². The van der Waals surface area contributed by atoms with Crippen LogP contribution in [0.4, 0.5) is 0 Å². The lowest BCUT2D eigenvalue weighted by Gasteiger charge is -2.08. The number of halogens is 1. The lowest BCUT2D eigenvalue weighted by atomic mass is 10.1. The summed E-state index contributed by atoms with van der Waals surface area (Å²) in [5, 5.41) is 9.31. The molecule has 3 nitrogen and oxygen atoms in total. The number of nitrogens with zero attached hydrogens (tertiary/aromatic N) is 1. The first kappa shape index (κ1) is 10.6. The van der Waals surface area contributed by atoms with Crippen molar-refractivity contribution in [1.29, 1.82) is 5.26 Å². The molecule has 0 N–H and O–H groups in total. The van der Waals surface area contributed by atoms with Crippen molar-refractivity contribution in [3.8, 4) is 6.07 Å². The molecule has 0 radical (unpaired) electrons. The topological polar surface area (TPSA) is 50.1 Å². The van der Waals surface area contributed by atoms with Gasteiger partial charge in [-0.1, -0.05) is 23.7 Å². The van der Waals surface area contributed by atoms with Gasteiger partial charge in [-0.3, -0.25) is 4.79 Å². The molecule has 1 aromatic carbocycles. The predicted octanol–water partition coefficient (Wildman–Crippen LogP) is 2.47. The van der Waals surface area contributed by atoms with Crippen LogP contribution in [0.15, 0.2) is 24.3 Å². The number of carbonyl (C=O) groups is 1. The summed E-state index contributed by atoms with van der Waals surface area (Å²) in [5.41, 5.74) is 0.618. The Morgan fingerprint density at radius 1 is 1.50 bits per heavy atom. The van der Waals surface area contributed by atoms with Crippen molar-refractivity contribution in [3.63, 3.8) is 0 Å². The van der Waals surface area contributed by atoms with Gasteiger partial charge in [-0.2, -0.15) is 5.26 Å². The van der Waals surface area contributed by atoms with Crippen molar-refractivity contribution < 1.29 is 9.53 Å². The van der Waals surface area contributed by atoms with Crippen LogP contribution in [0.3, 0.4) is 0 Å². The normalized spacial score (nSPS) is 11.5. The van der Waals surface area contributed by atoms with E-state index in [2.05, 4.69) is 0 Å². The number of rotatable bonds is 2.